The maximum Gasteiger partial charge on any atom is 2.00 e. The Hall–Kier alpha value is -0.634. The molecule has 7 heteroatoms. The number of carboxylic acids is 2. The molecule has 0 saturated heterocycles. The zero-order valence-corrected chi connectivity index (χ0v) is 32.8. The average molecular weight is 716 g/mol. The topological polar surface area (TPSA) is 104 Å². The van der Waals surface area contributed by atoms with Crippen molar-refractivity contribution in [1.29, 1.82) is 0 Å². The van der Waals surface area contributed by atoms with E-state index in [-0.39, 0.29) is 16.8 Å². The van der Waals surface area contributed by atoms with E-state index in [1.165, 1.54) is 141 Å². The molecule has 0 aromatic rings. The van der Waals surface area contributed by atoms with Gasteiger partial charge in [-0.3, -0.25) is 14.8 Å². The summed E-state index contributed by atoms with van der Waals surface area (Å²) in [4.78, 5) is 24.6. The van der Waals surface area contributed by atoms with Gasteiger partial charge in [-0.1, -0.05) is 155 Å². The van der Waals surface area contributed by atoms with E-state index in [9.17, 15) is 9.59 Å². The Bertz CT molecular complexity index is 550. The zero-order valence-electron chi connectivity index (χ0n) is 31.8. The first-order valence-electron chi connectivity index (χ1n) is 19.5. The summed E-state index contributed by atoms with van der Waals surface area (Å²) in [6.45, 7) is 9.85. The number of carboxylic acid groups (broad SMARTS) is 2. The van der Waals surface area contributed by atoms with Crippen LogP contribution in [-0.2, 0) is 31.3 Å². The number of unbranched alkanes of at least 4 members (excludes halogenated alkanes) is 28. The van der Waals surface area contributed by atoms with E-state index in [0.29, 0.717) is 12.8 Å². The predicted molar refractivity (Wildman–Crippen MR) is 197 cm³/mol. The number of carbonyl (C=O) groups is 2. The summed E-state index contributed by atoms with van der Waals surface area (Å²) in [6, 6.07) is 0. The molecule has 0 aliphatic heterocycles. The molecule has 3 N–H and O–H groups in total. The minimum Gasteiger partial charge on any atom is -0.481 e. The monoisotopic (exact) mass is 716 g/mol. The average Bonchev–Trinajstić information content (AvgIpc) is 3.01. The minimum absolute atomic E-state index is 0. The molecular formula is C40H80CoO6. The number of rotatable bonds is 32. The molecule has 0 rings (SSSR count). The Kier molecular flexibility index (Phi) is 51.3. The third kappa shape index (κ3) is 64.5. The summed E-state index contributed by atoms with van der Waals surface area (Å²) >= 11 is 0. The first-order valence-corrected chi connectivity index (χ1v) is 19.5. The van der Waals surface area contributed by atoms with Crippen LogP contribution in [0, 0.1) is 12.8 Å². The van der Waals surface area contributed by atoms with Gasteiger partial charge >= 0.3 is 28.7 Å². The summed E-state index contributed by atoms with van der Waals surface area (Å²) in [5.74, 6) is -1.33. The second-order valence-electron chi connectivity index (χ2n) is 14.0. The van der Waals surface area contributed by atoms with Crippen LogP contribution in [0.25, 0.3) is 0 Å². The molecule has 0 saturated carbocycles. The molecule has 1 radical (unpaired) electrons. The van der Waals surface area contributed by atoms with E-state index in [1.807, 2.05) is 0 Å². The Morgan fingerprint density at radius 3 is 0.894 bits per heavy atom. The van der Waals surface area contributed by atoms with Crippen LogP contribution in [0.3, 0.4) is 0 Å². The van der Waals surface area contributed by atoms with Gasteiger partial charge in [-0.25, -0.2) is 4.89 Å². The van der Waals surface area contributed by atoms with Gasteiger partial charge in [-0.15, -0.1) is 0 Å². The van der Waals surface area contributed by atoms with Crippen LogP contribution in [0.1, 0.15) is 227 Å². The van der Waals surface area contributed by atoms with Crippen molar-refractivity contribution < 1.29 is 46.7 Å². The second kappa shape index (κ2) is 45.4. The van der Waals surface area contributed by atoms with E-state index in [2.05, 4.69) is 31.6 Å². The third-order valence-corrected chi connectivity index (χ3v) is 7.90. The van der Waals surface area contributed by atoms with Gasteiger partial charge in [0.15, 0.2) is 0 Å². The SMILES string of the molecule is CC(C)(C)OO.CCCCCCCCCCCC[CH-]CCCCC(=O)O.CCCCCCCCCCCC[CH-]CCCCC(=O)O.[Co+2]. The molecule has 47 heavy (non-hydrogen) atoms. The smallest absolute Gasteiger partial charge is 0.481 e. The van der Waals surface area contributed by atoms with Crippen molar-refractivity contribution >= 4 is 11.9 Å². The van der Waals surface area contributed by atoms with Gasteiger partial charge in [-0.05, 0) is 33.6 Å². The van der Waals surface area contributed by atoms with E-state index in [4.69, 9.17) is 15.5 Å². The van der Waals surface area contributed by atoms with Gasteiger partial charge in [-0.2, -0.15) is 25.7 Å². The third-order valence-electron chi connectivity index (χ3n) is 7.90. The molecule has 6 nitrogen and oxygen atoms in total. The van der Waals surface area contributed by atoms with Crippen molar-refractivity contribution in [1.82, 2.24) is 0 Å². The van der Waals surface area contributed by atoms with Crippen molar-refractivity contribution in [2.24, 2.45) is 0 Å². The fourth-order valence-corrected chi connectivity index (χ4v) is 4.97. The van der Waals surface area contributed by atoms with Crippen LogP contribution in [0.15, 0.2) is 0 Å². The fourth-order valence-electron chi connectivity index (χ4n) is 4.97. The van der Waals surface area contributed by atoms with Crippen molar-refractivity contribution in [2.45, 2.75) is 233 Å². The Balaban J connectivity index is -0.000000329. The van der Waals surface area contributed by atoms with Gasteiger partial charge in [0.1, 0.15) is 0 Å². The number of hydrogen-bond acceptors (Lipinski definition) is 4. The molecule has 0 atom stereocenters. The Morgan fingerprint density at radius 1 is 0.468 bits per heavy atom. The van der Waals surface area contributed by atoms with Gasteiger partial charge < -0.3 is 23.1 Å². The van der Waals surface area contributed by atoms with E-state index in [1.54, 1.807) is 20.8 Å². The van der Waals surface area contributed by atoms with Crippen LogP contribution in [0.4, 0.5) is 0 Å². The summed E-state index contributed by atoms with van der Waals surface area (Å²) in [5.41, 5.74) is -0.403. The molecule has 285 valence electrons. The normalized spacial score (nSPS) is 10.8. The van der Waals surface area contributed by atoms with Crippen LogP contribution in [0.5, 0.6) is 0 Å². The van der Waals surface area contributed by atoms with Gasteiger partial charge in [0, 0.05) is 12.8 Å². The van der Waals surface area contributed by atoms with E-state index in [0.717, 1.165) is 38.5 Å². The first kappa shape index (κ1) is 53.2. The van der Waals surface area contributed by atoms with Gasteiger partial charge in [0.2, 0.25) is 0 Å². The standard InChI is InChI=1S/2C18H35O2.C4H10O2.Co/c2*1-2-3-4-5-6-7-8-9-10-11-12-13-14-15-16-17-18(19)20;1-4(2,3)6-5;/h2*13H,2-12,14-17H2,1H3,(H,19,20);5H,1-3H3;/q2*-1;;+2. The molecule has 0 aromatic carbocycles. The van der Waals surface area contributed by atoms with Crippen LogP contribution in [0.2, 0.25) is 0 Å². The maximum absolute atomic E-state index is 10.3. The Morgan fingerprint density at radius 2 is 0.681 bits per heavy atom. The van der Waals surface area contributed by atoms with Crippen LogP contribution >= 0.6 is 0 Å². The van der Waals surface area contributed by atoms with Gasteiger partial charge in [0.25, 0.3) is 0 Å². The van der Waals surface area contributed by atoms with E-state index >= 15 is 0 Å². The van der Waals surface area contributed by atoms with Crippen LogP contribution < -0.4 is 0 Å². The fraction of sp³-hybridized carbons (Fsp3) is 0.900. The van der Waals surface area contributed by atoms with E-state index < -0.39 is 17.5 Å². The Labute approximate surface area is 303 Å². The second-order valence-corrected chi connectivity index (χ2v) is 14.0. The summed E-state index contributed by atoms with van der Waals surface area (Å²) in [7, 11) is 0. The first-order chi connectivity index (χ1) is 22.1. The molecular weight excluding hydrogens is 635 g/mol. The summed E-state index contributed by atoms with van der Waals surface area (Å²) in [5, 5.41) is 24.9. The molecule has 0 aromatic heterocycles. The molecule has 0 aliphatic carbocycles. The van der Waals surface area contributed by atoms with Crippen LogP contribution in [-0.4, -0.2) is 33.0 Å². The maximum atomic E-state index is 10.3. The van der Waals surface area contributed by atoms with Crippen molar-refractivity contribution in [3.8, 4) is 0 Å². The number of aliphatic carboxylic acids is 2. The summed E-state index contributed by atoms with van der Waals surface area (Å²) < 4.78 is 0. The molecule has 0 unspecified atom stereocenters. The minimum atomic E-state index is -0.667. The van der Waals surface area contributed by atoms with Crippen molar-refractivity contribution in [2.75, 3.05) is 0 Å². The molecule has 0 amide bonds. The summed E-state index contributed by atoms with van der Waals surface area (Å²) in [6.07, 6.45) is 41.5. The van der Waals surface area contributed by atoms with Gasteiger partial charge in [0.05, 0.1) is 5.60 Å². The van der Waals surface area contributed by atoms with Crippen molar-refractivity contribution in [3.63, 3.8) is 0 Å². The van der Waals surface area contributed by atoms with Crippen molar-refractivity contribution in [3.05, 3.63) is 12.8 Å². The molecule has 0 bridgehead atoms. The largest absolute Gasteiger partial charge is 2.00 e. The quantitative estimate of drug-likeness (QED) is 0.0277. The molecule has 0 spiro atoms. The molecule has 0 heterocycles. The molecule has 0 fully saturated rings. The zero-order chi connectivity index (χ0) is 35.0. The predicted octanol–water partition coefficient (Wildman–Crippen LogP) is 13.6. The number of hydrogen-bond donors (Lipinski definition) is 3. The molecule has 0 aliphatic rings.